The number of aliphatic carboxylic acids is 1. The zero-order valence-electron chi connectivity index (χ0n) is 17.6. The molecule has 31 heavy (non-hydrogen) atoms. The molecule has 1 unspecified atom stereocenters. The van der Waals surface area contributed by atoms with Crippen molar-refractivity contribution in [3.8, 4) is 5.75 Å². The molecule has 1 fully saturated rings. The molecule has 1 aliphatic carbocycles. The monoisotopic (exact) mass is 429 g/mol. The third-order valence-corrected chi connectivity index (χ3v) is 5.48. The predicted molar refractivity (Wildman–Crippen MR) is 114 cm³/mol. The van der Waals surface area contributed by atoms with Gasteiger partial charge in [0.1, 0.15) is 11.6 Å². The van der Waals surface area contributed by atoms with Crippen LogP contribution in [0.1, 0.15) is 53.6 Å². The normalized spacial score (nSPS) is 15.3. The zero-order valence-corrected chi connectivity index (χ0v) is 17.6. The van der Waals surface area contributed by atoms with Crippen molar-refractivity contribution in [2.24, 2.45) is 0 Å². The second-order valence-corrected chi connectivity index (χ2v) is 7.77. The average molecular weight is 429 g/mol. The van der Waals surface area contributed by atoms with Gasteiger partial charge in [0, 0.05) is 13.0 Å². The smallest absolute Gasteiger partial charge is 0.333 e. The zero-order chi connectivity index (χ0) is 22.2. The van der Waals surface area contributed by atoms with E-state index in [1.165, 1.54) is 19.2 Å². The fraction of sp³-hybridized carbons (Fsp3) is 0.417. The van der Waals surface area contributed by atoms with Gasteiger partial charge < -0.3 is 19.9 Å². The van der Waals surface area contributed by atoms with Gasteiger partial charge in [0.15, 0.2) is 6.10 Å². The summed E-state index contributed by atoms with van der Waals surface area (Å²) in [6, 6.07) is 10.9. The Kier molecular flexibility index (Phi) is 8.00. The molecule has 0 bridgehead atoms. The molecule has 0 radical (unpaired) electrons. The molecule has 0 aromatic heterocycles. The number of benzene rings is 2. The summed E-state index contributed by atoms with van der Waals surface area (Å²) < 4.78 is 24.2. The van der Waals surface area contributed by atoms with Crippen molar-refractivity contribution >= 4 is 11.9 Å². The van der Waals surface area contributed by atoms with E-state index >= 15 is 0 Å². The van der Waals surface area contributed by atoms with Crippen LogP contribution >= 0.6 is 0 Å². The van der Waals surface area contributed by atoms with E-state index in [9.17, 15) is 19.1 Å². The molecule has 2 N–H and O–H groups in total. The quantitative estimate of drug-likeness (QED) is 0.627. The third-order valence-electron chi connectivity index (χ3n) is 5.48. The van der Waals surface area contributed by atoms with Crippen molar-refractivity contribution in [2.45, 2.75) is 57.3 Å². The van der Waals surface area contributed by atoms with Gasteiger partial charge in [-0.15, -0.1) is 0 Å². The van der Waals surface area contributed by atoms with Crippen LogP contribution in [0.15, 0.2) is 42.5 Å². The molecule has 2 aromatic rings. The van der Waals surface area contributed by atoms with E-state index in [1.54, 1.807) is 30.3 Å². The number of nitrogens with one attached hydrogen (secondary N) is 1. The first-order valence-corrected chi connectivity index (χ1v) is 10.5. The SMILES string of the molecule is COc1ccc(CC(OC2CCCCC2)C(=O)O)cc1C(=O)NCc1ccc(F)cc1. The van der Waals surface area contributed by atoms with Crippen molar-refractivity contribution in [1.29, 1.82) is 0 Å². The number of carbonyl (C=O) groups excluding carboxylic acids is 1. The molecule has 0 aliphatic heterocycles. The first-order chi connectivity index (χ1) is 15.0. The van der Waals surface area contributed by atoms with Gasteiger partial charge in [-0.05, 0) is 48.2 Å². The Bertz CT molecular complexity index is 893. The predicted octanol–water partition coefficient (Wildman–Crippen LogP) is 4.11. The molecule has 1 amide bonds. The summed E-state index contributed by atoms with van der Waals surface area (Å²) in [7, 11) is 1.47. The topological polar surface area (TPSA) is 84.9 Å². The summed E-state index contributed by atoms with van der Waals surface area (Å²) in [5.41, 5.74) is 1.75. The van der Waals surface area contributed by atoms with Crippen LogP contribution in [0.4, 0.5) is 4.39 Å². The maximum absolute atomic E-state index is 13.0. The Labute approximate surface area is 181 Å². The van der Waals surface area contributed by atoms with Gasteiger partial charge in [0.25, 0.3) is 5.91 Å². The summed E-state index contributed by atoms with van der Waals surface area (Å²) in [5.74, 6) is -1.32. The fourth-order valence-corrected chi connectivity index (χ4v) is 3.78. The number of ether oxygens (including phenoxy) is 2. The molecule has 6 nitrogen and oxygen atoms in total. The van der Waals surface area contributed by atoms with Gasteiger partial charge in [-0.3, -0.25) is 4.79 Å². The number of carboxylic acids is 1. The molecule has 1 aliphatic rings. The van der Waals surface area contributed by atoms with Crippen LogP contribution < -0.4 is 10.1 Å². The fourth-order valence-electron chi connectivity index (χ4n) is 3.78. The van der Waals surface area contributed by atoms with Gasteiger partial charge in [-0.1, -0.05) is 37.5 Å². The first-order valence-electron chi connectivity index (χ1n) is 10.5. The lowest BCUT2D eigenvalue weighted by Gasteiger charge is -2.25. The molecule has 1 atom stereocenters. The van der Waals surface area contributed by atoms with Crippen LogP contribution in [0, 0.1) is 5.82 Å². The minimum atomic E-state index is -1.01. The van der Waals surface area contributed by atoms with Gasteiger partial charge in [0.2, 0.25) is 0 Å². The molecule has 3 rings (SSSR count). The van der Waals surface area contributed by atoms with Crippen molar-refractivity contribution in [2.75, 3.05) is 7.11 Å². The van der Waals surface area contributed by atoms with E-state index in [0.717, 1.165) is 37.7 Å². The van der Waals surface area contributed by atoms with Crippen molar-refractivity contribution in [3.63, 3.8) is 0 Å². The molecule has 0 heterocycles. The molecule has 7 heteroatoms. The Morgan fingerprint density at radius 2 is 1.77 bits per heavy atom. The highest BCUT2D eigenvalue weighted by molar-refractivity contribution is 5.97. The van der Waals surface area contributed by atoms with Gasteiger partial charge in [-0.25, -0.2) is 9.18 Å². The number of halogens is 1. The van der Waals surface area contributed by atoms with Crippen LogP contribution in [-0.2, 0) is 22.5 Å². The Morgan fingerprint density at radius 3 is 2.42 bits per heavy atom. The minimum absolute atomic E-state index is 0.0356. The molecule has 0 spiro atoms. The number of hydrogen-bond acceptors (Lipinski definition) is 4. The summed E-state index contributed by atoms with van der Waals surface area (Å²) >= 11 is 0. The van der Waals surface area contributed by atoms with Crippen LogP contribution in [0.25, 0.3) is 0 Å². The van der Waals surface area contributed by atoms with Crippen LogP contribution in [0.5, 0.6) is 5.75 Å². The van der Waals surface area contributed by atoms with E-state index in [1.807, 2.05) is 0 Å². The highest BCUT2D eigenvalue weighted by atomic mass is 19.1. The number of hydrogen-bond donors (Lipinski definition) is 2. The van der Waals surface area contributed by atoms with E-state index in [4.69, 9.17) is 9.47 Å². The lowest BCUT2D eigenvalue weighted by Crippen LogP contribution is -2.32. The maximum Gasteiger partial charge on any atom is 0.333 e. The molecular weight excluding hydrogens is 401 g/mol. The highest BCUT2D eigenvalue weighted by Crippen LogP contribution is 2.25. The van der Waals surface area contributed by atoms with Crippen LogP contribution in [0.3, 0.4) is 0 Å². The van der Waals surface area contributed by atoms with Gasteiger partial charge in [0.05, 0.1) is 18.8 Å². The number of rotatable bonds is 9. The molecule has 2 aromatic carbocycles. The van der Waals surface area contributed by atoms with Crippen LogP contribution in [-0.4, -0.2) is 36.3 Å². The van der Waals surface area contributed by atoms with E-state index in [-0.39, 0.29) is 30.8 Å². The third kappa shape index (κ3) is 6.52. The average Bonchev–Trinajstić information content (AvgIpc) is 2.78. The lowest BCUT2D eigenvalue weighted by atomic mass is 9.97. The number of carbonyl (C=O) groups is 2. The summed E-state index contributed by atoms with van der Waals surface area (Å²) in [5, 5.41) is 12.4. The van der Waals surface area contributed by atoms with Crippen molar-refractivity contribution < 1.29 is 28.6 Å². The Balaban J connectivity index is 1.69. The Morgan fingerprint density at radius 1 is 1.10 bits per heavy atom. The molecule has 0 saturated heterocycles. The van der Waals surface area contributed by atoms with E-state index < -0.39 is 12.1 Å². The number of methoxy groups -OCH3 is 1. The van der Waals surface area contributed by atoms with Crippen LogP contribution in [0.2, 0.25) is 0 Å². The van der Waals surface area contributed by atoms with Gasteiger partial charge >= 0.3 is 5.97 Å². The maximum atomic E-state index is 13.0. The highest BCUT2D eigenvalue weighted by Gasteiger charge is 2.25. The second kappa shape index (κ2) is 10.9. The molecular formula is C24H28FNO5. The molecule has 1 saturated carbocycles. The largest absolute Gasteiger partial charge is 0.496 e. The summed E-state index contributed by atoms with van der Waals surface area (Å²) in [4.78, 5) is 24.5. The summed E-state index contributed by atoms with van der Waals surface area (Å²) in [6.07, 6.45) is 4.18. The lowest BCUT2D eigenvalue weighted by molar-refractivity contribution is -0.155. The van der Waals surface area contributed by atoms with Gasteiger partial charge in [-0.2, -0.15) is 0 Å². The standard InChI is InChI=1S/C24H28FNO5/c1-30-21-12-9-17(14-22(24(28)29)31-19-5-3-2-4-6-19)13-20(21)23(27)26-15-16-7-10-18(25)11-8-16/h7-13,19,22H,2-6,14-15H2,1H3,(H,26,27)(H,28,29). The molecule has 166 valence electrons. The van der Waals surface area contributed by atoms with Crippen molar-refractivity contribution in [3.05, 3.63) is 65.0 Å². The van der Waals surface area contributed by atoms with Crippen molar-refractivity contribution in [1.82, 2.24) is 5.32 Å². The number of amides is 1. The second-order valence-electron chi connectivity index (χ2n) is 7.77. The van der Waals surface area contributed by atoms with E-state index in [0.29, 0.717) is 16.9 Å². The number of carboxylic acid groups (broad SMARTS) is 1. The first kappa shape index (κ1) is 22.7. The minimum Gasteiger partial charge on any atom is -0.496 e. The van der Waals surface area contributed by atoms with E-state index in [2.05, 4.69) is 5.32 Å². The Hall–Kier alpha value is -2.93. The summed E-state index contributed by atoms with van der Waals surface area (Å²) in [6.45, 7) is 0.231.